The molecule has 0 aliphatic heterocycles. The lowest BCUT2D eigenvalue weighted by molar-refractivity contribution is 0.177. The Hall–Kier alpha value is -2.79. The molecule has 0 aromatic heterocycles. The van der Waals surface area contributed by atoms with Crippen LogP contribution in [0, 0.1) is 5.82 Å². The zero-order valence-corrected chi connectivity index (χ0v) is 18.9. The van der Waals surface area contributed by atoms with Gasteiger partial charge in [0.05, 0.1) is 11.5 Å². The fraction of sp³-hybridized carbons (Fsp3) is 0.182. The first-order chi connectivity index (χ1) is 15.2. The normalized spacial score (nSPS) is 12.1. The van der Waals surface area contributed by atoms with Gasteiger partial charge in [-0.2, -0.15) is 12.7 Å². The third-order valence-electron chi connectivity index (χ3n) is 4.49. The van der Waals surface area contributed by atoms with Gasteiger partial charge in [0.1, 0.15) is 16.5 Å². The highest BCUT2D eigenvalue weighted by Crippen LogP contribution is 2.23. The van der Waals surface area contributed by atoms with Gasteiger partial charge in [0.15, 0.2) is 0 Å². The van der Waals surface area contributed by atoms with Crippen LogP contribution in [0.25, 0.3) is 0 Å². The highest BCUT2D eigenvalue weighted by atomic mass is 32.2. The molecular weight excluding hydrogens is 457 g/mol. The lowest BCUT2D eigenvalue weighted by Gasteiger charge is -2.22. The van der Waals surface area contributed by atoms with Gasteiger partial charge in [-0.25, -0.2) is 12.8 Å². The molecule has 3 aromatic rings. The second-order valence-corrected chi connectivity index (χ2v) is 10.3. The topological polar surface area (TPSA) is 90.0 Å². The van der Waals surface area contributed by atoms with Crippen molar-refractivity contribution in [3.63, 3.8) is 0 Å². The molecule has 0 radical (unpaired) electrons. The smallest absolute Gasteiger partial charge is 0.339 e. The third-order valence-corrected chi connectivity index (χ3v) is 7.61. The van der Waals surface area contributed by atoms with Gasteiger partial charge in [-0.05, 0) is 54.1 Å². The van der Waals surface area contributed by atoms with E-state index in [2.05, 4.69) is 0 Å². The highest BCUT2D eigenvalue weighted by molar-refractivity contribution is 7.89. The second kappa shape index (κ2) is 10.2. The Morgan fingerprint density at radius 3 is 2.19 bits per heavy atom. The van der Waals surface area contributed by atoms with Gasteiger partial charge in [0.25, 0.3) is 0 Å². The SMILES string of the molecule is COCCN(Cc1cccc(OS(=O)(=O)c2ccc(F)cc2)c1)S(=O)(=O)c1ccccc1. The minimum Gasteiger partial charge on any atom is -0.383 e. The summed E-state index contributed by atoms with van der Waals surface area (Å²) in [5, 5.41) is 0. The lowest BCUT2D eigenvalue weighted by Crippen LogP contribution is -2.33. The van der Waals surface area contributed by atoms with Gasteiger partial charge in [-0.15, -0.1) is 0 Å². The zero-order valence-electron chi connectivity index (χ0n) is 17.2. The van der Waals surface area contributed by atoms with Crippen LogP contribution in [0.2, 0.25) is 0 Å². The Morgan fingerprint density at radius 1 is 0.844 bits per heavy atom. The van der Waals surface area contributed by atoms with Crippen LogP contribution >= 0.6 is 0 Å². The first kappa shape index (κ1) is 23.9. The van der Waals surface area contributed by atoms with E-state index < -0.39 is 26.0 Å². The Kier molecular flexibility index (Phi) is 7.62. The molecule has 0 unspecified atom stereocenters. The number of nitrogens with zero attached hydrogens (tertiary/aromatic N) is 1. The molecule has 0 amide bonds. The van der Waals surface area contributed by atoms with Gasteiger partial charge < -0.3 is 8.92 Å². The molecule has 7 nitrogen and oxygen atoms in total. The summed E-state index contributed by atoms with van der Waals surface area (Å²) < 4.78 is 75.6. The Morgan fingerprint density at radius 2 is 1.53 bits per heavy atom. The van der Waals surface area contributed by atoms with E-state index in [-0.39, 0.29) is 35.2 Å². The van der Waals surface area contributed by atoms with E-state index in [0.29, 0.717) is 5.56 Å². The van der Waals surface area contributed by atoms with Gasteiger partial charge in [-0.1, -0.05) is 30.3 Å². The predicted octanol–water partition coefficient (Wildman–Crippen LogP) is 3.43. The maximum Gasteiger partial charge on any atom is 0.339 e. The van der Waals surface area contributed by atoms with Gasteiger partial charge in [-0.3, -0.25) is 0 Å². The van der Waals surface area contributed by atoms with Crippen LogP contribution in [0.4, 0.5) is 4.39 Å². The van der Waals surface area contributed by atoms with E-state index in [1.54, 1.807) is 30.3 Å². The summed E-state index contributed by atoms with van der Waals surface area (Å²) in [5.41, 5.74) is 0.521. The number of methoxy groups -OCH3 is 1. The van der Waals surface area contributed by atoms with E-state index in [1.165, 1.54) is 35.7 Å². The number of hydrogen-bond acceptors (Lipinski definition) is 6. The predicted molar refractivity (Wildman–Crippen MR) is 117 cm³/mol. The molecule has 0 fully saturated rings. The molecule has 0 aliphatic rings. The van der Waals surface area contributed by atoms with Crippen molar-refractivity contribution in [3.05, 3.63) is 90.2 Å². The maximum atomic E-state index is 13.1. The number of rotatable bonds is 10. The monoisotopic (exact) mass is 479 g/mol. The van der Waals surface area contributed by atoms with Crippen molar-refractivity contribution in [2.24, 2.45) is 0 Å². The molecule has 0 atom stereocenters. The largest absolute Gasteiger partial charge is 0.383 e. The standard InChI is InChI=1S/C22H22FNO6S2/c1-29-15-14-24(31(25,26)21-8-3-2-4-9-21)17-18-6-5-7-20(16-18)30-32(27,28)22-12-10-19(23)11-13-22/h2-13,16H,14-15,17H2,1H3. The van der Waals surface area contributed by atoms with Crippen molar-refractivity contribution in [3.8, 4) is 5.75 Å². The fourth-order valence-corrected chi connectivity index (χ4v) is 5.25. The second-order valence-electron chi connectivity index (χ2n) is 6.78. The molecule has 0 spiro atoms. The maximum absolute atomic E-state index is 13.1. The number of hydrogen-bond donors (Lipinski definition) is 0. The summed E-state index contributed by atoms with van der Waals surface area (Å²) in [6.45, 7) is 0.266. The number of halogens is 1. The molecule has 0 saturated heterocycles. The van der Waals surface area contributed by atoms with Crippen LogP contribution in [0.15, 0.2) is 88.7 Å². The number of benzene rings is 3. The van der Waals surface area contributed by atoms with Crippen LogP contribution in [0.1, 0.15) is 5.56 Å². The quantitative estimate of drug-likeness (QED) is 0.414. The van der Waals surface area contributed by atoms with Gasteiger partial charge in [0.2, 0.25) is 10.0 Å². The molecule has 170 valence electrons. The van der Waals surface area contributed by atoms with Crippen LogP contribution in [0.5, 0.6) is 5.75 Å². The first-order valence-corrected chi connectivity index (χ1v) is 12.4. The average molecular weight is 480 g/mol. The molecule has 0 aliphatic carbocycles. The van der Waals surface area contributed by atoms with Crippen molar-refractivity contribution in [1.82, 2.24) is 4.31 Å². The van der Waals surface area contributed by atoms with Crippen molar-refractivity contribution < 1.29 is 30.1 Å². The molecular formula is C22H22FNO6S2. The van der Waals surface area contributed by atoms with Crippen LogP contribution < -0.4 is 4.18 Å². The van der Waals surface area contributed by atoms with E-state index in [1.807, 2.05) is 0 Å². The summed E-state index contributed by atoms with van der Waals surface area (Å²) in [5.74, 6) is -0.558. The minimum absolute atomic E-state index is 0.00984. The molecule has 0 saturated carbocycles. The molecule has 0 heterocycles. The Balaban J connectivity index is 1.84. The van der Waals surface area contributed by atoms with Crippen molar-refractivity contribution in [2.75, 3.05) is 20.3 Å². The zero-order chi connectivity index (χ0) is 23.2. The summed E-state index contributed by atoms with van der Waals surface area (Å²) >= 11 is 0. The van der Waals surface area contributed by atoms with Gasteiger partial charge >= 0.3 is 10.1 Å². The van der Waals surface area contributed by atoms with E-state index >= 15 is 0 Å². The van der Waals surface area contributed by atoms with E-state index in [4.69, 9.17) is 8.92 Å². The fourth-order valence-electron chi connectivity index (χ4n) is 2.89. The van der Waals surface area contributed by atoms with Crippen molar-refractivity contribution >= 4 is 20.1 Å². The number of ether oxygens (including phenoxy) is 1. The summed E-state index contributed by atoms with van der Waals surface area (Å²) in [6, 6.07) is 18.4. The average Bonchev–Trinajstić information content (AvgIpc) is 2.77. The van der Waals surface area contributed by atoms with E-state index in [9.17, 15) is 21.2 Å². The van der Waals surface area contributed by atoms with Crippen molar-refractivity contribution in [1.29, 1.82) is 0 Å². The van der Waals surface area contributed by atoms with Crippen LogP contribution in [-0.2, 0) is 31.4 Å². The number of sulfonamides is 1. The summed E-state index contributed by atoms with van der Waals surface area (Å²) in [4.78, 5) is -0.0555. The van der Waals surface area contributed by atoms with Crippen LogP contribution in [-0.4, -0.2) is 41.4 Å². The molecule has 0 N–H and O–H groups in total. The summed E-state index contributed by atoms with van der Waals surface area (Å²) in [6.07, 6.45) is 0. The third kappa shape index (κ3) is 5.92. The Bertz CT molecular complexity index is 1250. The minimum atomic E-state index is -4.18. The molecule has 10 heteroatoms. The molecule has 0 bridgehead atoms. The molecule has 3 rings (SSSR count). The molecule has 3 aromatic carbocycles. The van der Waals surface area contributed by atoms with Gasteiger partial charge in [0, 0.05) is 20.2 Å². The van der Waals surface area contributed by atoms with E-state index in [0.717, 1.165) is 24.3 Å². The Labute approximate surface area is 187 Å². The lowest BCUT2D eigenvalue weighted by atomic mass is 10.2. The van der Waals surface area contributed by atoms with Crippen molar-refractivity contribution in [2.45, 2.75) is 16.3 Å². The van der Waals surface area contributed by atoms with Crippen LogP contribution in [0.3, 0.4) is 0 Å². The molecule has 32 heavy (non-hydrogen) atoms. The summed E-state index contributed by atoms with van der Waals surface area (Å²) in [7, 11) is -6.51. The highest BCUT2D eigenvalue weighted by Gasteiger charge is 2.25. The first-order valence-electron chi connectivity index (χ1n) is 9.55.